The van der Waals surface area contributed by atoms with Gasteiger partial charge in [0.05, 0.1) is 10.8 Å². The molecule has 124 valence electrons. The van der Waals surface area contributed by atoms with Crippen molar-refractivity contribution >= 4 is 29.3 Å². The maximum atomic E-state index is 12.7. The lowest BCUT2D eigenvalue weighted by atomic mass is 10.1. The molecule has 1 N–H and O–H groups in total. The highest BCUT2D eigenvalue weighted by Crippen LogP contribution is 2.27. The van der Waals surface area contributed by atoms with Crippen LogP contribution in [0.4, 0.5) is 5.69 Å². The molecule has 1 atom stereocenters. The number of nitro groups is 1. The van der Waals surface area contributed by atoms with E-state index < -0.39 is 22.4 Å². The summed E-state index contributed by atoms with van der Waals surface area (Å²) in [5.41, 5.74) is -0.643. The summed E-state index contributed by atoms with van der Waals surface area (Å²) >= 11 is 1.46. The van der Waals surface area contributed by atoms with Gasteiger partial charge in [-0.3, -0.25) is 19.7 Å². The predicted octanol–water partition coefficient (Wildman–Crippen LogP) is 2.02. The maximum Gasteiger partial charge on any atom is 0.282 e. The Kier molecular flexibility index (Phi) is 4.93. The van der Waals surface area contributed by atoms with Crippen LogP contribution in [0.15, 0.2) is 24.3 Å². The number of benzene rings is 1. The Morgan fingerprint density at radius 3 is 2.61 bits per heavy atom. The number of rotatable bonds is 3. The van der Waals surface area contributed by atoms with E-state index in [0.29, 0.717) is 11.6 Å². The van der Waals surface area contributed by atoms with E-state index in [1.807, 2.05) is 20.8 Å². The maximum absolute atomic E-state index is 12.7. The van der Waals surface area contributed by atoms with Crippen molar-refractivity contribution in [2.75, 3.05) is 11.6 Å². The van der Waals surface area contributed by atoms with Gasteiger partial charge in [-0.1, -0.05) is 12.1 Å². The van der Waals surface area contributed by atoms with Crippen LogP contribution in [0.1, 0.15) is 31.1 Å². The fraction of sp³-hybridized carbons (Fsp3) is 0.467. The van der Waals surface area contributed by atoms with Crippen LogP contribution in [0.5, 0.6) is 0 Å². The Balaban J connectivity index is 2.25. The molecule has 1 aliphatic heterocycles. The molecule has 2 amide bonds. The molecule has 1 unspecified atom stereocenters. The van der Waals surface area contributed by atoms with Crippen LogP contribution in [0.2, 0.25) is 0 Å². The molecule has 1 heterocycles. The number of nitrogens with one attached hydrogen (secondary N) is 1. The Morgan fingerprint density at radius 1 is 1.35 bits per heavy atom. The Bertz CT molecular complexity index is 642. The average molecular weight is 337 g/mol. The number of nitro benzene ring substituents is 1. The second-order valence-electron chi connectivity index (χ2n) is 6.30. The molecule has 0 radical (unpaired) electrons. The zero-order valence-electron chi connectivity index (χ0n) is 13.2. The summed E-state index contributed by atoms with van der Waals surface area (Å²) in [6.07, 6.45) is 0. The monoisotopic (exact) mass is 337 g/mol. The van der Waals surface area contributed by atoms with Gasteiger partial charge >= 0.3 is 0 Å². The van der Waals surface area contributed by atoms with Gasteiger partial charge in [0, 0.05) is 17.4 Å². The lowest BCUT2D eigenvalue weighted by molar-refractivity contribution is -0.385. The van der Waals surface area contributed by atoms with Crippen LogP contribution in [0, 0.1) is 10.1 Å². The molecule has 1 aromatic rings. The van der Waals surface area contributed by atoms with Gasteiger partial charge in [-0.15, -0.1) is 11.8 Å². The zero-order chi connectivity index (χ0) is 17.2. The van der Waals surface area contributed by atoms with Gasteiger partial charge < -0.3 is 10.2 Å². The molecule has 1 aromatic carbocycles. The third-order valence-electron chi connectivity index (χ3n) is 3.28. The molecular formula is C15H19N3O4S. The van der Waals surface area contributed by atoms with Crippen molar-refractivity contribution in [3.05, 3.63) is 39.9 Å². The van der Waals surface area contributed by atoms with E-state index in [2.05, 4.69) is 5.32 Å². The molecular weight excluding hydrogens is 318 g/mol. The van der Waals surface area contributed by atoms with E-state index in [1.54, 1.807) is 6.07 Å². The van der Waals surface area contributed by atoms with Crippen molar-refractivity contribution in [3.63, 3.8) is 0 Å². The molecule has 0 aromatic heterocycles. The number of para-hydroxylation sites is 1. The molecule has 1 aliphatic rings. The molecule has 2 rings (SSSR count). The lowest BCUT2D eigenvalue weighted by Crippen LogP contribution is -2.52. The quantitative estimate of drug-likeness (QED) is 0.673. The van der Waals surface area contributed by atoms with E-state index in [1.165, 1.54) is 34.9 Å². The highest BCUT2D eigenvalue weighted by molar-refractivity contribution is 7.99. The van der Waals surface area contributed by atoms with Crippen molar-refractivity contribution in [2.24, 2.45) is 0 Å². The van der Waals surface area contributed by atoms with E-state index in [9.17, 15) is 19.7 Å². The summed E-state index contributed by atoms with van der Waals surface area (Å²) in [6, 6.07) is 5.18. The molecule has 0 spiro atoms. The highest BCUT2D eigenvalue weighted by Gasteiger charge is 2.38. The average Bonchev–Trinajstić information content (AvgIpc) is 2.94. The molecule has 0 aliphatic carbocycles. The van der Waals surface area contributed by atoms with Crippen LogP contribution in [-0.2, 0) is 4.79 Å². The van der Waals surface area contributed by atoms with Crippen molar-refractivity contribution in [2.45, 2.75) is 32.4 Å². The SMILES string of the molecule is CC(C)(C)NC(=O)C1CSCN1C(=O)c1ccccc1[N+](=O)[O-]. The fourth-order valence-electron chi connectivity index (χ4n) is 2.28. The van der Waals surface area contributed by atoms with E-state index in [0.717, 1.165) is 0 Å². The molecule has 0 bridgehead atoms. The van der Waals surface area contributed by atoms with Gasteiger partial charge in [-0.25, -0.2) is 0 Å². The van der Waals surface area contributed by atoms with E-state index >= 15 is 0 Å². The summed E-state index contributed by atoms with van der Waals surface area (Å²) in [5.74, 6) is 0.0901. The summed E-state index contributed by atoms with van der Waals surface area (Å²) < 4.78 is 0. The topological polar surface area (TPSA) is 92.6 Å². The first-order valence-electron chi connectivity index (χ1n) is 7.15. The first kappa shape index (κ1) is 17.3. The van der Waals surface area contributed by atoms with Crippen LogP contribution in [0.25, 0.3) is 0 Å². The highest BCUT2D eigenvalue weighted by atomic mass is 32.2. The van der Waals surface area contributed by atoms with Crippen molar-refractivity contribution in [1.82, 2.24) is 10.2 Å². The van der Waals surface area contributed by atoms with Gasteiger partial charge in [-0.05, 0) is 26.8 Å². The lowest BCUT2D eigenvalue weighted by Gasteiger charge is -2.27. The predicted molar refractivity (Wildman–Crippen MR) is 88.3 cm³/mol. The summed E-state index contributed by atoms with van der Waals surface area (Å²) in [7, 11) is 0. The Morgan fingerprint density at radius 2 is 2.00 bits per heavy atom. The van der Waals surface area contributed by atoms with Crippen molar-refractivity contribution in [1.29, 1.82) is 0 Å². The van der Waals surface area contributed by atoms with Crippen molar-refractivity contribution < 1.29 is 14.5 Å². The van der Waals surface area contributed by atoms with Gasteiger partial charge in [0.15, 0.2) is 0 Å². The minimum atomic E-state index is -0.619. The van der Waals surface area contributed by atoms with E-state index in [4.69, 9.17) is 0 Å². The van der Waals surface area contributed by atoms with Crippen LogP contribution < -0.4 is 5.32 Å². The normalized spacial score (nSPS) is 17.9. The second-order valence-corrected chi connectivity index (χ2v) is 7.30. The number of carbonyl (C=O) groups is 2. The van der Waals surface area contributed by atoms with Gasteiger partial charge in [0.2, 0.25) is 5.91 Å². The summed E-state index contributed by atoms with van der Waals surface area (Å²) in [4.78, 5) is 37.0. The smallest absolute Gasteiger partial charge is 0.282 e. The number of hydrogen-bond donors (Lipinski definition) is 1. The van der Waals surface area contributed by atoms with E-state index in [-0.39, 0.29) is 17.2 Å². The molecule has 8 heteroatoms. The first-order valence-corrected chi connectivity index (χ1v) is 8.30. The Labute approximate surface area is 138 Å². The largest absolute Gasteiger partial charge is 0.350 e. The third kappa shape index (κ3) is 4.01. The standard InChI is InChI=1S/C15H19N3O4S/c1-15(2,3)16-13(19)12-8-23-9-17(12)14(20)10-6-4-5-7-11(10)18(21)22/h4-7,12H,8-9H2,1-3H3,(H,16,19). The Hall–Kier alpha value is -2.09. The van der Waals surface area contributed by atoms with Gasteiger partial charge in [0.1, 0.15) is 11.6 Å². The number of nitrogens with zero attached hydrogens (tertiary/aromatic N) is 2. The van der Waals surface area contributed by atoms with Crippen LogP contribution in [0.3, 0.4) is 0 Å². The van der Waals surface area contributed by atoms with Crippen LogP contribution >= 0.6 is 11.8 Å². The zero-order valence-corrected chi connectivity index (χ0v) is 14.1. The minimum absolute atomic E-state index is 0.00792. The summed E-state index contributed by atoms with van der Waals surface area (Å²) in [6.45, 7) is 5.59. The fourth-order valence-corrected chi connectivity index (χ4v) is 3.44. The van der Waals surface area contributed by atoms with Crippen LogP contribution in [-0.4, -0.2) is 44.8 Å². The molecule has 23 heavy (non-hydrogen) atoms. The third-order valence-corrected chi connectivity index (χ3v) is 4.29. The number of amides is 2. The second kappa shape index (κ2) is 6.57. The number of carbonyl (C=O) groups excluding carboxylic acids is 2. The number of thioether (sulfide) groups is 1. The molecule has 1 fully saturated rings. The molecule has 7 nitrogen and oxygen atoms in total. The number of hydrogen-bond acceptors (Lipinski definition) is 5. The van der Waals surface area contributed by atoms with Gasteiger partial charge in [0.25, 0.3) is 11.6 Å². The summed E-state index contributed by atoms with van der Waals surface area (Å²) in [5, 5.41) is 13.9. The first-order chi connectivity index (χ1) is 10.7. The molecule has 1 saturated heterocycles. The minimum Gasteiger partial charge on any atom is -0.350 e. The van der Waals surface area contributed by atoms with Crippen molar-refractivity contribution in [3.8, 4) is 0 Å². The van der Waals surface area contributed by atoms with Gasteiger partial charge in [-0.2, -0.15) is 0 Å². The molecule has 0 saturated carbocycles.